The second kappa shape index (κ2) is 7.53. The molecule has 26 heavy (non-hydrogen) atoms. The number of halogens is 1. The maximum absolute atomic E-state index is 13.6. The van der Waals surface area contributed by atoms with Crippen LogP contribution in [0.4, 0.5) is 4.39 Å². The van der Waals surface area contributed by atoms with E-state index in [0.29, 0.717) is 23.2 Å². The molecule has 0 unspecified atom stereocenters. The summed E-state index contributed by atoms with van der Waals surface area (Å²) in [4.78, 5) is 14.8. The molecule has 1 saturated heterocycles. The van der Waals surface area contributed by atoms with Crippen LogP contribution in [0, 0.1) is 5.82 Å². The van der Waals surface area contributed by atoms with Crippen LogP contribution in [0.1, 0.15) is 51.5 Å². The molecule has 1 saturated carbocycles. The van der Waals surface area contributed by atoms with Gasteiger partial charge in [-0.3, -0.25) is 4.57 Å². The number of aromatic nitrogens is 1. The first kappa shape index (κ1) is 17.7. The molecule has 1 aliphatic heterocycles. The highest BCUT2D eigenvalue weighted by Gasteiger charge is 2.31. The van der Waals surface area contributed by atoms with Crippen LogP contribution in [0.2, 0.25) is 0 Å². The number of oxazole rings is 1. The van der Waals surface area contributed by atoms with Gasteiger partial charge in [-0.1, -0.05) is 0 Å². The molecule has 0 atom stereocenters. The van der Waals surface area contributed by atoms with Crippen LogP contribution in [0.25, 0.3) is 11.1 Å². The van der Waals surface area contributed by atoms with Crippen molar-refractivity contribution in [2.24, 2.45) is 0 Å². The van der Waals surface area contributed by atoms with Gasteiger partial charge >= 0.3 is 5.76 Å². The lowest BCUT2D eigenvalue weighted by atomic mass is 9.90. The van der Waals surface area contributed by atoms with Gasteiger partial charge < -0.3 is 14.1 Å². The van der Waals surface area contributed by atoms with Crippen molar-refractivity contribution in [1.82, 2.24) is 9.47 Å². The Morgan fingerprint density at radius 3 is 2.54 bits per heavy atom. The van der Waals surface area contributed by atoms with Gasteiger partial charge in [-0.05, 0) is 57.6 Å². The summed E-state index contributed by atoms with van der Waals surface area (Å²) in [5.74, 6) is -0.711. The number of piperidine rings is 1. The number of ether oxygens (including phenoxy) is 1. The fourth-order valence-electron chi connectivity index (χ4n) is 4.67. The topological polar surface area (TPSA) is 47.6 Å². The van der Waals surface area contributed by atoms with Gasteiger partial charge in [0.05, 0.1) is 11.6 Å². The quantitative estimate of drug-likeness (QED) is 0.832. The highest BCUT2D eigenvalue weighted by Crippen LogP contribution is 2.31. The Labute approximate surface area is 152 Å². The first-order valence-electron chi connectivity index (χ1n) is 9.82. The number of rotatable bonds is 4. The SMILES string of the molecule is CCO[C@H]1CC[C@@H](N2CCC(n3c(=O)oc4ccc(F)cc43)CC2)CC1. The molecule has 0 bridgehead atoms. The predicted molar refractivity (Wildman–Crippen MR) is 97.9 cm³/mol. The van der Waals surface area contributed by atoms with Crippen molar-refractivity contribution in [2.75, 3.05) is 19.7 Å². The first-order chi connectivity index (χ1) is 12.7. The van der Waals surface area contributed by atoms with Crippen molar-refractivity contribution in [2.45, 2.75) is 63.6 Å². The molecule has 1 aromatic carbocycles. The number of likely N-dealkylation sites (tertiary alicyclic amines) is 1. The molecule has 2 aliphatic rings. The second-order valence-electron chi connectivity index (χ2n) is 7.50. The molecule has 2 aromatic rings. The predicted octanol–water partition coefficient (Wildman–Crippen LogP) is 3.72. The normalized spacial score (nSPS) is 25.8. The molecular formula is C20H27FN2O3. The molecule has 4 rings (SSSR count). The van der Waals surface area contributed by atoms with E-state index in [2.05, 4.69) is 11.8 Å². The highest BCUT2D eigenvalue weighted by molar-refractivity contribution is 5.73. The fourth-order valence-corrected chi connectivity index (χ4v) is 4.67. The summed E-state index contributed by atoms with van der Waals surface area (Å²) in [6.07, 6.45) is 6.89. The van der Waals surface area contributed by atoms with E-state index in [1.807, 2.05) is 0 Å². The Balaban J connectivity index is 1.41. The summed E-state index contributed by atoms with van der Waals surface area (Å²) in [5.41, 5.74) is 1.04. The lowest BCUT2D eigenvalue weighted by molar-refractivity contribution is 0.00787. The van der Waals surface area contributed by atoms with Crippen molar-refractivity contribution in [3.8, 4) is 0 Å². The standard InChI is InChI=1S/C20H27FN2O3/c1-2-25-17-6-4-15(5-7-17)22-11-9-16(10-12-22)23-18-13-14(21)3-8-19(18)26-20(23)24/h3,8,13,15-17H,2,4-7,9-12H2,1H3/t15-,17+. The van der Waals surface area contributed by atoms with E-state index in [-0.39, 0.29) is 17.6 Å². The zero-order valence-electron chi connectivity index (χ0n) is 15.3. The van der Waals surface area contributed by atoms with Crippen molar-refractivity contribution in [1.29, 1.82) is 0 Å². The smallest absolute Gasteiger partial charge is 0.408 e. The van der Waals surface area contributed by atoms with Crippen LogP contribution >= 0.6 is 0 Å². The van der Waals surface area contributed by atoms with Gasteiger partial charge in [-0.2, -0.15) is 0 Å². The Bertz CT molecular complexity index is 799. The van der Waals surface area contributed by atoms with Gasteiger partial charge in [0.1, 0.15) is 5.82 Å². The molecule has 1 aliphatic carbocycles. The molecule has 0 N–H and O–H groups in total. The van der Waals surface area contributed by atoms with Crippen molar-refractivity contribution in [3.63, 3.8) is 0 Å². The number of fused-ring (bicyclic) bond motifs is 1. The first-order valence-corrected chi connectivity index (χ1v) is 9.82. The number of benzene rings is 1. The third-order valence-electron chi connectivity index (χ3n) is 6.00. The molecule has 0 amide bonds. The van der Waals surface area contributed by atoms with E-state index in [0.717, 1.165) is 45.4 Å². The third kappa shape index (κ3) is 3.45. The lowest BCUT2D eigenvalue weighted by Crippen LogP contribution is -2.45. The summed E-state index contributed by atoms with van der Waals surface area (Å²) >= 11 is 0. The number of hydrogen-bond acceptors (Lipinski definition) is 4. The molecular weight excluding hydrogens is 335 g/mol. The Morgan fingerprint density at radius 1 is 1.12 bits per heavy atom. The molecule has 0 radical (unpaired) electrons. The summed E-state index contributed by atoms with van der Waals surface area (Å²) in [7, 11) is 0. The average Bonchev–Trinajstić information content (AvgIpc) is 2.98. The van der Waals surface area contributed by atoms with E-state index in [1.165, 1.54) is 31.0 Å². The minimum atomic E-state index is -0.374. The van der Waals surface area contributed by atoms with Gasteiger partial charge in [0.25, 0.3) is 0 Å². The molecule has 2 fully saturated rings. The van der Waals surface area contributed by atoms with Crippen LogP contribution in [-0.2, 0) is 4.74 Å². The van der Waals surface area contributed by atoms with Crippen molar-refractivity contribution >= 4 is 11.1 Å². The van der Waals surface area contributed by atoms with Gasteiger partial charge in [-0.15, -0.1) is 0 Å². The summed E-state index contributed by atoms with van der Waals surface area (Å²) < 4.78 is 26.3. The Morgan fingerprint density at radius 2 is 1.85 bits per heavy atom. The third-order valence-corrected chi connectivity index (χ3v) is 6.00. The van der Waals surface area contributed by atoms with Crippen LogP contribution in [-0.4, -0.2) is 41.3 Å². The van der Waals surface area contributed by atoms with E-state index in [4.69, 9.17) is 9.15 Å². The summed E-state index contributed by atoms with van der Waals surface area (Å²) in [6.45, 7) is 4.81. The van der Waals surface area contributed by atoms with Crippen LogP contribution in [0.5, 0.6) is 0 Å². The molecule has 1 aromatic heterocycles. The zero-order chi connectivity index (χ0) is 18.1. The summed E-state index contributed by atoms with van der Waals surface area (Å²) in [6, 6.07) is 4.98. The molecule has 2 heterocycles. The van der Waals surface area contributed by atoms with Gasteiger partial charge in [0, 0.05) is 37.8 Å². The minimum Gasteiger partial charge on any atom is -0.408 e. The van der Waals surface area contributed by atoms with Crippen LogP contribution < -0.4 is 5.76 Å². The van der Waals surface area contributed by atoms with E-state index < -0.39 is 0 Å². The highest BCUT2D eigenvalue weighted by atomic mass is 19.1. The fraction of sp³-hybridized carbons (Fsp3) is 0.650. The number of hydrogen-bond donors (Lipinski definition) is 0. The van der Waals surface area contributed by atoms with Gasteiger partial charge in [-0.25, -0.2) is 9.18 Å². The monoisotopic (exact) mass is 362 g/mol. The van der Waals surface area contributed by atoms with Gasteiger partial charge in [0.2, 0.25) is 0 Å². The van der Waals surface area contributed by atoms with Crippen LogP contribution in [0.15, 0.2) is 27.4 Å². The van der Waals surface area contributed by atoms with Crippen molar-refractivity contribution in [3.05, 3.63) is 34.6 Å². The molecule has 142 valence electrons. The summed E-state index contributed by atoms with van der Waals surface area (Å²) in [5, 5.41) is 0. The largest absolute Gasteiger partial charge is 0.420 e. The van der Waals surface area contributed by atoms with Crippen molar-refractivity contribution < 1.29 is 13.5 Å². The molecule has 5 nitrogen and oxygen atoms in total. The van der Waals surface area contributed by atoms with Crippen LogP contribution in [0.3, 0.4) is 0 Å². The molecule has 0 spiro atoms. The second-order valence-corrected chi connectivity index (χ2v) is 7.50. The Kier molecular flexibility index (Phi) is 5.14. The number of nitrogens with zero attached hydrogens (tertiary/aromatic N) is 2. The lowest BCUT2D eigenvalue weighted by Gasteiger charge is -2.40. The van der Waals surface area contributed by atoms with Gasteiger partial charge in [0.15, 0.2) is 5.58 Å². The van der Waals surface area contributed by atoms with E-state index in [1.54, 1.807) is 4.57 Å². The Hall–Kier alpha value is -1.66. The zero-order valence-corrected chi connectivity index (χ0v) is 15.3. The molecule has 6 heteroatoms. The van der Waals surface area contributed by atoms with E-state index >= 15 is 0 Å². The maximum atomic E-state index is 13.6. The van der Waals surface area contributed by atoms with E-state index in [9.17, 15) is 9.18 Å². The minimum absolute atomic E-state index is 0.0848. The maximum Gasteiger partial charge on any atom is 0.420 e. The average molecular weight is 362 g/mol.